The maximum atomic E-state index is 12.6. The molecule has 0 atom stereocenters. The average Bonchev–Trinajstić information content (AvgIpc) is 2.67. The quantitative estimate of drug-likeness (QED) is 0.362. The molecule has 3 nitrogen and oxygen atoms in total. The summed E-state index contributed by atoms with van der Waals surface area (Å²) in [7, 11) is 4.11. The molecule has 0 fully saturated rings. The SMILES string of the molecule is CN(C)Cc1cc(C(=O)CCCCCCCCO)ccc1-c1ccccc1.Cl. The van der Waals surface area contributed by atoms with E-state index in [0.29, 0.717) is 6.42 Å². The molecule has 0 amide bonds. The number of halogens is 1. The van der Waals surface area contributed by atoms with Gasteiger partial charge in [-0.05, 0) is 49.7 Å². The monoisotopic (exact) mass is 403 g/mol. The zero-order valence-electron chi connectivity index (χ0n) is 17.2. The van der Waals surface area contributed by atoms with Gasteiger partial charge in [-0.15, -0.1) is 12.4 Å². The van der Waals surface area contributed by atoms with Crippen molar-refractivity contribution >= 4 is 18.2 Å². The van der Waals surface area contributed by atoms with Crippen LogP contribution in [0.2, 0.25) is 0 Å². The Balaban J connectivity index is 0.00000392. The molecule has 28 heavy (non-hydrogen) atoms. The van der Waals surface area contributed by atoms with Crippen LogP contribution in [-0.2, 0) is 6.54 Å². The van der Waals surface area contributed by atoms with Gasteiger partial charge in [-0.1, -0.05) is 68.1 Å². The fourth-order valence-corrected chi connectivity index (χ4v) is 3.39. The second-order valence-electron chi connectivity index (χ2n) is 7.49. The molecule has 0 aliphatic heterocycles. The number of benzene rings is 2. The topological polar surface area (TPSA) is 40.5 Å². The number of carbonyl (C=O) groups is 1. The molecule has 0 aliphatic carbocycles. The van der Waals surface area contributed by atoms with E-state index in [1.165, 1.54) is 16.7 Å². The van der Waals surface area contributed by atoms with Crippen molar-refractivity contribution in [1.29, 1.82) is 0 Å². The van der Waals surface area contributed by atoms with Crippen molar-refractivity contribution in [3.8, 4) is 11.1 Å². The number of nitrogens with zero attached hydrogens (tertiary/aromatic N) is 1. The number of ketones is 1. The first-order valence-corrected chi connectivity index (χ1v) is 10.1. The summed E-state index contributed by atoms with van der Waals surface area (Å²) in [6.45, 7) is 1.10. The van der Waals surface area contributed by atoms with E-state index in [1.807, 2.05) is 24.3 Å². The Morgan fingerprint density at radius 1 is 0.893 bits per heavy atom. The maximum Gasteiger partial charge on any atom is 0.162 e. The van der Waals surface area contributed by atoms with E-state index in [9.17, 15) is 4.79 Å². The van der Waals surface area contributed by atoms with Gasteiger partial charge in [0.05, 0.1) is 0 Å². The minimum absolute atomic E-state index is 0. The lowest BCUT2D eigenvalue weighted by molar-refractivity contribution is 0.0979. The van der Waals surface area contributed by atoms with E-state index in [0.717, 1.165) is 50.6 Å². The molecule has 0 saturated heterocycles. The molecule has 0 aliphatic rings. The number of rotatable bonds is 12. The summed E-state index contributed by atoms with van der Waals surface area (Å²) in [5.41, 5.74) is 4.41. The Morgan fingerprint density at radius 3 is 2.18 bits per heavy atom. The van der Waals surface area contributed by atoms with Crippen molar-refractivity contribution in [1.82, 2.24) is 4.90 Å². The van der Waals surface area contributed by atoms with Gasteiger partial charge < -0.3 is 10.0 Å². The Kier molecular flexibility index (Phi) is 11.7. The lowest BCUT2D eigenvalue weighted by Crippen LogP contribution is -2.12. The number of hydrogen-bond acceptors (Lipinski definition) is 3. The summed E-state index contributed by atoms with van der Waals surface area (Å²) < 4.78 is 0. The maximum absolute atomic E-state index is 12.6. The molecule has 0 unspecified atom stereocenters. The third-order valence-electron chi connectivity index (χ3n) is 4.81. The number of hydrogen-bond donors (Lipinski definition) is 1. The van der Waals surface area contributed by atoms with Crippen molar-refractivity contribution < 1.29 is 9.90 Å². The number of aliphatic hydroxyl groups excluding tert-OH is 1. The molecule has 4 heteroatoms. The summed E-state index contributed by atoms with van der Waals surface area (Å²) in [6, 6.07) is 16.5. The molecule has 1 N–H and O–H groups in total. The third kappa shape index (κ3) is 8.14. The van der Waals surface area contributed by atoms with Gasteiger partial charge in [0.25, 0.3) is 0 Å². The molecule has 2 rings (SSSR count). The molecule has 0 saturated carbocycles. The van der Waals surface area contributed by atoms with E-state index >= 15 is 0 Å². The standard InChI is InChI=1S/C24H33NO2.ClH/c1-25(2)19-22-18-21(15-16-23(22)20-12-8-7-9-13-20)24(27)14-10-5-3-4-6-11-17-26;/h7-9,12-13,15-16,18,26H,3-6,10-11,14,17,19H2,1-2H3;1H. The normalized spacial score (nSPS) is 10.7. The number of carbonyl (C=O) groups excluding carboxylic acids is 1. The fourth-order valence-electron chi connectivity index (χ4n) is 3.39. The van der Waals surface area contributed by atoms with Crippen molar-refractivity contribution in [2.45, 2.75) is 51.5 Å². The second-order valence-corrected chi connectivity index (χ2v) is 7.49. The van der Waals surface area contributed by atoms with Crippen LogP contribution in [0.4, 0.5) is 0 Å². The smallest absolute Gasteiger partial charge is 0.162 e. The van der Waals surface area contributed by atoms with Gasteiger partial charge >= 0.3 is 0 Å². The lowest BCUT2D eigenvalue weighted by atomic mass is 9.94. The van der Waals surface area contributed by atoms with E-state index in [4.69, 9.17) is 5.11 Å². The molecular formula is C24H34ClNO2. The van der Waals surface area contributed by atoms with E-state index < -0.39 is 0 Å². The number of Topliss-reactive ketones (excluding diaryl/α,β-unsaturated/α-hetero) is 1. The lowest BCUT2D eigenvalue weighted by Gasteiger charge is -2.16. The second kappa shape index (κ2) is 13.5. The molecular weight excluding hydrogens is 370 g/mol. The summed E-state index contributed by atoms with van der Waals surface area (Å²) in [5.74, 6) is 0.241. The van der Waals surface area contributed by atoms with Gasteiger partial charge in [-0.25, -0.2) is 0 Å². The van der Waals surface area contributed by atoms with Gasteiger partial charge in [0.1, 0.15) is 0 Å². The Hall–Kier alpha value is -1.68. The van der Waals surface area contributed by atoms with Crippen molar-refractivity contribution in [3.05, 3.63) is 59.7 Å². The van der Waals surface area contributed by atoms with Crippen LogP contribution in [0.3, 0.4) is 0 Å². The Labute approximate surface area is 176 Å². The average molecular weight is 404 g/mol. The zero-order valence-corrected chi connectivity index (χ0v) is 18.0. The molecule has 0 bridgehead atoms. The number of unbranched alkanes of at least 4 members (excludes halogenated alkanes) is 5. The summed E-state index contributed by atoms with van der Waals surface area (Å²) in [6.07, 6.45) is 6.91. The summed E-state index contributed by atoms with van der Waals surface area (Å²) in [5, 5.41) is 8.79. The van der Waals surface area contributed by atoms with Gasteiger partial charge in [-0.3, -0.25) is 4.79 Å². The van der Waals surface area contributed by atoms with E-state index in [1.54, 1.807) is 0 Å². The first kappa shape index (κ1) is 24.4. The first-order valence-electron chi connectivity index (χ1n) is 10.1. The highest BCUT2D eigenvalue weighted by Gasteiger charge is 2.11. The van der Waals surface area contributed by atoms with Gasteiger partial charge in [-0.2, -0.15) is 0 Å². The molecule has 0 radical (unpaired) electrons. The van der Waals surface area contributed by atoms with Crippen LogP contribution < -0.4 is 0 Å². The summed E-state index contributed by atoms with van der Waals surface area (Å²) >= 11 is 0. The minimum atomic E-state index is 0. The van der Waals surface area contributed by atoms with Crippen molar-refractivity contribution in [2.75, 3.05) is 20.7 Å². The van der Waals surface area contributed by atoms with Crippen LogP contribution in [0.25, 0.3) is 11.1 Å². The predicted octanol–water partition coefficient (Wildman–Crippen LogP) is 5.74. The van der Waals surface area contributed by atoms with Crippen LogP contribution in [0, 0.1) is 0 Å². The third-order valence-corrected chi connectivity index (χ3v) is 4.81. The van der Waals surface area contributed by atoms with Gasteiger partial charge in [0.15, 0.2) is 5.78 Å². The Bertz CT molecular complexity index is 701. The van der Waals surface area contributed by atoms with Crippen LogP contribution in [0.15, 0.2) is 48.5 Å². The molecule has 154 valence electrons. The van der Waals surface area contributed by atoms with E-state index in [2.05, 4.69) is 43.3 Å². The van der Waals surface area contributed by atoms with Crippen LogP contribution in [0.5, 0.6) is 0 Å². The zero-order chi connectivity index (χ0) is 19.5. The van der Waals surface area contributed by atoms with Gasteiger partial charge in [0.2, 0.25) is 0 Å². The first-order chi connectivity index (χ1) is 13.1. The van der Waals surface area contributed by atoms with Crippen molar-refractivity contribution in [3.63, 3.8) is 0 Å². The van der Waals surface area contributed by atoms with Crippen LogP contribution in [0.1, 0.15) is 60.9 Å². The predicted molar refractivity (Wildman–Crippen MR) is 120 cm³/mol. The van der Waals surface area contributed by atoms with Crippen LogP contribution in [-0.4, -0.2) is 36.5 Å². The highest BCUT2D eigenvalue weighted by atomic mass is 35.5. The highest BCUT2D eigenvalue weighted by molar-refractivity contribution is 5.96. The minimum Gasteiger partial charge on any atom is -0.396 e. The largest absolute Gasteiger partial charge is 0.396 e. The summed E-state index contributed by atoms with van der Waals surface area (Å²) in [4.78, 5) is 14.8. The van der Waals surface area contributed by atoms with Crippen LogP contribution >= 0.6 is 12.4 Å². The van der Waals surface area contributed by atoms with Crippen molar-refractivity contribution in [2.24, 2.45) is 0 Å². The Morgan fingerprint density at radius 2 is 1.54 bits per heavy atom. The van der Waals surface area contributed by atoms with Gasteiger partial charge in [0, 0.05) is 25.1 Å². The number of aliphatic hydroxyl groups is 1. The molecule has 0 aromatic heterocycles. The molecule has 2 aromatic carbocycles. The van der Waals surface area contributed by atoms with E-state index in [-0.39, 0.29) is 24.8 Å². The highest BCUT2D eigenvalue weighted by Crippen LogP contribution is 2.26. The molecule has 0 heterocycles. The fraction of sp³-hybridized carbons (Fsp3) is 0.458. The molecule has 0 spiro atoms. The molecule has 2 aromatic rings.